The minimum absolute atomic E-state index is 0.819. The van der Waals surface area contributed by atoms with Crippen LogP contribution in [0.1, 0.15) is 19.0 Å². The van der Waals surface area contributed by atoms with Crippen molar-refractivity contribution in [2.45, 2.75) is 19.8 Å². The lowest BCUT2D eigenvalue weighted by Gasteiger charge is -2.18. The van der Waals surface area contributed by atoms with Gasteiger partial charge in [-0.25, -0.2) is 9.97 Å². The van der Waals surface area contributed by atoms with Gasteiger partial charge in [-0.05, 0) is 18.3 Å². The van der Waals surface area contributed by atoms with Gasteiger partial charge in [0.1, 0.15) is 12.1 Å². The Labute approximate surface area is 102 Å². The molecule has 4 heteroatoms. The second-order valence-electron chi connectivity index (χ2n) is 5.20. The molecule has 3 rings (SSSR count). The maximum atomic E-state index is 4.43. The Bertz CT molecular complexity index is 381. The highest BCUT2D eigenvalue weighted by Gasteiger charge is 2.36. The summed E-state index contributed by atoms with van der Waals surface area (Å²) in [6.07, 6.45) is 3.91. The van der Waals surface area contributed by atoms with Crippen molar-refractivity contribution in [2.75, 3.05) is 31.1 Å². The molecular formula is C13H20N4. The molecule has 2 saturated heterocycles. The molecule has 0 aromatic carbocycles. The van der Waals surface area contributed by atoms with E-state index in [0.717, 1.165) is 43.6 Å². The molecule has 0 bridgehead atoms. The van der Waals surface area contributed by atoms with Crippen LogP contribution in [-0.2, 0) is 6.42 Å². The third-order valence-corrected chi connectivity index (χ3v) is 3.93. The second kappa shape index (κ2) is 4.61. The summed E-state index contributed by atoms with van der Waals surface area (Å²) in [5.41, 5.74) is 1.17. The number of aryl methyl sites for hydroxylation is 1. The highest BCUT2D eigenvalue weighted by molar-refractivity contribution is 5.41. The Kier molecular flexibility index (Phi) is 2.97. The molecule has 0 radical (unpaired) electrons. The number of fused-ring (bicyclic) bond motifs is 1. The monoisotopic (exact) mass is 232 g/mol. The van der Waals surface area contributed by atoms with E-state index in [-0.39, 0.29) is 0 Å². The molecule has 2 fully saturated rings. The number of nitrogens with one attached hydrogen (secondary N) is 1. The molecule has 0 aliphatic carbocycles. The largest absolute Gasteiger partial charge is 0.356 e. The fourth-order valence-electron chi connectivity index (χ4n) is 2.99. The van der Waals surface area contributed by atoms with Crippen LogP contribution in [0.2, 0.25) is 0 Å². The van der Waals surface area contributed by atoms with Crippen molar-refractivity contribution in [3.63, 3.8) is 0 Å². The van der Waals surface area contributed by atoms with E-state index in [1.807, 2.05) is 0 Å². The summed E-state index contributed by atoms with van der Waals surface area (Å²) in [4.78, 5) is 11.2. The lowest BCUT2D eigenvalue weighted by molar-refractivity contribution is 0.533. The zero-order chi connectivity index (χ0) is 11.7. The molecule has 0 amide bonds. The summed E-state index contributed by atoms with van der Waals surface area (Å²) in [6, 6.07) is 2.16. The van der Waals surface area contributed by atoms with Crippen LogP contribution in [0.3, 0.4) is 0 Å². The minimum Gasteiger partial charge on any atom is -0.356 e. The van der Waals surface area contributed by atoms with E-state index < -0.39 is 0 Å². The molecule has 2 aliphatic rings. The highest BCUT2D eigenvalue weighted by Crippen LogP contribution is 2.29. The average molecular weight is 232 g/mol. The van der Waals surface area contributed by atoms with Gasteiger partial charge in [-0.2, -0.15) is 0 Å². The first-order chi connectivity index (χ1) is 8.36. The van der Waals surface area contributed by atoms with Gasteiger partial charge >= 0.3 is 0 Å². The summed E-state index contributed by atoms with van der Waals surface area (Å²) in [5, 5.41) is 3.47. The van der Waals surface area contributed by atoms with Crippen molar-refractivity contribution in [1.82, 2.24) is 15.3 Å². The van der Waals surface area contributed by atoms with Crippen LogP contribution in [0.4, 0.5) is 5.82 Å². The zero-order valence-electron chi connectivity index (χ0n) is 10.4. The van der Waals surface area contributed by atoms with Gasteiger partial charge in [0.2, 0.25) is 0 Å². The van der Waals surface area contributed by atoms with Crippen molar-refractivity contribution in [3.8, 4) is 0 Å². The smallest absolute Gasteiger partial charge is 0.132 e. The normalized spacial score (nSPS) is 27.5. The van der Waals surface area contributed by atoms with Crippen molar-refractivity contribution >= 4 is 5.82 Å². The van der Waals surface area contributed by atoms with E-state index in [1.54, 1.807) is 6.33 Å². The number of nitrogens with zero attached hydrogens (tertiary/aromatic N) is 3. The lowest BCUT2D eigenvalue weighted by Crippen LogP contribution is -2.26. The Morgan fingerprint density at radius 1 is 1.29 bits per heavy atom. The molecule has 1 aromatic heterocycles. The second-order valence-corrected chi connectivity index (χ2v) is 5.20. The molecule has 4 nitrogen and oxygen atoms in total. The van der Waals surface area contributed by atoms with Gasteiger partial charge in [-0.3, -0.25) is 0 Å². The van der Waals surface area contributed by atoms with Crippen LogP contribution < -0.4 is 10.2 Å². The van der Waals surface area contributed by atoms with Crippen LogP contribution in [-0.4, -0.2) is 36.1 Å². The van der Waals surface area contributed by atoms with Crippen molar-refractivity contribution < 1.29 is 0 Å². The maximum Gasteiger partial charge on any atom is 0.132 e. The number of anilines is 1. The molecule has 3 heterocycles. The molecule has 2 atom stereocenters. The molecule has 1 aromatic rings. The van der Waals surface area contributed by atoms with Crippen molar-refractivity contribution in [1.29, 1.82) is 0 Å². The van der Waals surface area contributed by atoms with Gasteiger partial charge in [-0.15, -0.1) is 0 Å². The third-order valence-electron chi connectivity index (χ3n) is 3.93. The lowest BCUT2D eigenvalue weighted by atomic mass is 10.0. The average Bonchev–Trinajstić information content (AvgIpc) is 2.89. The van der Waals surface area contributed by atoms with Crippen LogP contribution in [0, 0.1) is 11.8 Å². The third kappa shape index (κ3) is 2.14. The number of aromatic nitrogens is 2. The first-order valence-electron chi connectivity index (χ1n) is 6.63. The van der Waals surface area contributed by atoms with Crippen LogP contribution in [0.5, 0.6) is 0 Å². The molecule has 17 heavy (non-hydrogen) atoms. The van der Waals surface area contributed by atoms with E-state index in [9.17, 15) is 0 Å². The van der Waals surface area contributed by atoms with E-state index >= 15 is 0 Å². The molecular weight excluding hydrogens is 212 g/mol. The number of rotatable bonds is 3. The Balaban J connectivity index is 1.74. The van der Waals surface area contributed by atoms with Crippen molar-refractivity contribution in [3.05, 3.63) is 18.1 Å². The molecule has 1 N–H and O–H groups in total. The van der Waals surface area contributed by atoms with Crippen LogP contribution in [0.25, 0.3) is 0 Å². The first-order valence-corrected chi connectivity index (χ1v) is 6.63. The SMILES string of the molecule is CCCc1cc(N2CC3CNCC3C2)ncn1. The fourth-order valence-corrected chi connectivity index (χ4v) is 2.99. The van der Waals surface area contributed by atoms with E-state index in [2.05, 4.69) is 33.2 Å². The van der Waals surface area contributed by atoms with Gasteiger partial charge in [0.15, 0.2) is 0 Å². The quantitative estimate of drug-likeness (QED) is 0.847. The standard InChI is InChI=1S/C13H20N4/c1-2-3-12-4-13(16-9-15-12)17-7-10-5-14-6-11(10)8-17/h4,9-11,14H,2-3,5-8H2,1H3. The summed E-state index contributed by atoms with van der Waals surface area (Å²) >= 11 is 0. The van der Waals surface area contributed by atoms with Gasteiger partial charge < -0.3 is 10.2 Å². The fraction of sp³-hybridized carbons (Fsp3) is 0.692. The summed E-state index contributed by atoms with van der Waals surface area (Å²) in [6.45, 7) is 6.84. The Morgan fingerprint density at radius 3 is 2.76 bits per heavy atom. The van der Waals surface area contributed by atoms with Gasteiger partial charge in [-0.1, -0.05) is 13.3 Å². The van der Waals surface area contributed by atoms with Crippen LogP contribution >= 0.6 is 0 Å². The molecule has 2 aliphatic heterocycles. The van der Waals surface area contributed by atoms with Gasteiger partial charge in [0.25, 0.3) is 0 Å². The minimum atomic E-state index is 0.819. The predicted octanol–water partition coefficient (Wildman–Crippen LogP) is 1.08. The maximum absolute atomic E-state index is 4.43. The van der Waals surface area contributed by atoms with E-state index in [0.29, 0.717) is 0 Å². The first kappa shape index (κ1) is 11.0. The van der Waals surface area contributed by atoms with E-state index in [1.165, 1.54) is 18.8 Å². The van der Waals surface area contributed by atoms with Crippen molar-refractivity contribution in [2.24, 2.45) is 11.8 Å². The number of hydrogen-bond donors (Lipinski definition) is 1. The van der Waals surface area contributed by atoms with E-state index in [4.69, 9.17) is 0 Å². The predicted molar refractivity (Wildman–Crippen MR) is 68.1 cm³/mol. The molecule has 0 spiro atoms. The molecule has 92 valence electrons. The Hall–Kier alpha value is -1.16. The number of hydrogen-bond acceptors (Lipinski definition) is 4. The van der Waals surface area contributed by atoms with Gasteiger partial charge in [0, 0.05) is 37.9 Å². The van der Waals surface area contributed by atoms with Gasteiger partial charge in [0.05, 0.1) is 0 Å². The zero-order valence-corrected chi connectivity index (χ0v) is 10.4. The molecule has 0 saturated carbocycles. The molecule has 2 unspecified atom stereocenters. The summed E-state index contributed by atoms with van der Waals surface area (Å²) < 4.78 is 0. The topological polar surface area (TPSA) is 41.0 Å². The van der Waals surface area contributed by atoms with Crippen LogP contribution in [0.15, 0.2) is 12.4 Å². The Morgan fingerprint density at radius 2 is 2.06 bits per heavy atom. The summed E-state index contributed by atoms with van der Waals surface area (Å²) in [5.74, 6) is 2.76. The highest BCUT2D eigenvalue weighted by atomic mass is 15.2. The summed E-state index contributed by atoms with van der Waals surface area (Å²) in [7, 11) is 0.